The van der Waals surface area contributed by atoms with Crippen LogP contribution in [0.4, 0.5) is 0 Å². The monoisotopic (exact) mass is 396 g/mol. The zero-order valence-electron chi connectivity index (χ0n) is 13.8. The summed E-state index contributed by atoms with van der Waals surface area (Å²) in [7, 11) is 0. The molecule has 134 valence electrons. The number of nitrogens with one attached hydrogen (secondary N) is 2. The molecule has 0 unspecified atom stereocenters. The van der Waals surface area contributed by atoms with Crippen LogP contribution in [0.1, 0.15) is 28.8 Å². The summed E-state index contributed by atoms with van der Waals surface area (Å²) in [5, 5.41) is 10.5. The number of amides is 2. The summed E-state index contributed by atoms with van der Waals surface area (Å²) in [6.07, 6.45) is 1.03. The van der Waals surface area contributed by atoms with Crippen LogP contribution in [0.2, 0.25) is 5.02 Å². The molecule has 0 fully saturated rings. The van der Waals surface area contributed by atoms with Crippen molar-refractivity contribution < 1.29 is 9.59 Å². The first-order chi connectivity index (χ1) is 12.1. The molecule has 25 heavy (non-hydrogen) atoms. The van der Waals surface area contributed by atoms with E-state index in [2.05, 4.69) is 27.5 Å². The Morgan fingerprint density at radius 2 is 1.88 bits per heavy atom. The van der Waals surface area contributed by atoms with Crippen molar-refractivity contribution in [3.8, 4) is 0 Å². The Hall–Kier alpha value is -1.50. The topological polar surface area (TPSA) is 58.2 Å². The van der Waals surface area contributed by atoms with E-state index in [-0.39, 0.29) is 11.8 Å². The summed E-state index contributed by atoms with van der Waals surface area (Å²) < 4.78 is 0. The van der Waals surface area contributed by atoms with Gasteiger partial charge in [-0.05, 0) is 53.1 Å². The molecule has 2 rings (SSSR count). The van der Waals surface area contributed by atoms with E-state index < -0.39 is 0 Å². The van der Waals surface area contributed by atoms with E-state index >= 15 is 0 Å². The van der Waals surface area contributed by atoms with E-state index in [4.69, 9.17) is 11.6 Å². The predicted molar refractivity (Wildman–Crippen MR) is 107 cm³/mol. The first kappa shape index (κ1) is 19.8. The average Bonchev–Trinajstić information content (AvgIpc) is 3.12. The molecule has 2 amide bonds. The van der Waals surface area contributed by atoms with E-state index in [1.54, 1.807) is 35.6 Å². The summed E-state index contributed by atoms with van der Waals surface area (Å²) in [4.78, 5) is 23.6. The van der Waals surface area contributed by atoms with Crippen LogP contribution in [0.5, 0.6) is 0 Å². The molecular weight excluding hydrogens is 376 g/mol. The third-order valence-electron chi connectivity index (χ3n) is 3.39. The predicted octanol–water partition coefficient (Wildman–Crippen LogP) is 3.96. The fourth-order valence-electron chi connectivity index (χ4n) is 2.07. The van der Waals surface area contributed by atoms with Gasteiger partial charge in [-0.25, -0.2) is 0 Å². The Kier molecular flexibility index (Phi) is 8.86. The van der Waals surface area contributed by atoms with Gasteiger partial charge in [0.15, 0.2) is 0 Å². The van der Waals surface area contributed by atoms with Crippen LogP contribution in [0.15, 0.2) is 41.1 Å². The van der Waals surface area contributed by atoms with Gasteiger partial charge in [-0.2, -0.15) is 23.1 Å². The highest BCUT2D eigenvalue weighted by Gasteiger charge is 2.05. The minimum Gasteiger partial charge on any atom is -0.355 e. The molecule has 0 aliphatic carbocycles. The third-order valence-corrected chi connectivity index (χ3v) is 5.40. The van der Waals surface area contributed by atoms with Crippen LogP contribution < -0.4 is 10.6 Å². The number of thiophene rings is 1. The molecule has 7 heteroatoms. The maximum atomic E-state index is 11.9. The normalized spacial score (nSPS) is 10.4. The molecule has 4 nitrogen and oxygen atoms in total. The summed E-state index contributed by atoms with van der Waals surface area (Å²) >= 11 is 9.30. The van der Waals surface area contributed by atoms with Crippen LogP contribution in [-0.4, -0.2) is 30.7 Å². The van der Waals surface area contributed by atoms with Gasteiger partial charge < -0.3 is 10.6 Å². The smallest absolute Gasteiger partial charge is 0.251 e. The summed E-state index contributed by atoms with van der Waals surface area (Å²) in [6, 6.07) is 8.84. The van der Waals surface area contributed by atoms with Gasteiger partial charge >= 0.3 is 0 Å². The summed E-state index contributed by atoms with van der Waals surface area (Å²) in [5.41, 5.74) is 1.90. The number of carbonyl (C=O) groups is 2. The minimum absolute atomic E-state index is 0.0249. The number of halogens is 1. The van der Waals surface area contributed by atoms with Gasteiger partial charge in [0.25, 0.3) is 5.91 Å². The van der Waals surface area contributed by atoms with E-state index in [1.807, 2.05) is 11.8 Å². The Morgan fingerprint density at radius 1 is 1.08 bits per heavy atom. The Morgan fingerprint density at radius 3 is 2.60 bits per heavy atom. The zero-order valence-corrected chi connectivity index (χ0v) is 16.2. The largest absolute Gasteiger partial charge is 0.355 e. The van der Waals surface area contributed by atoms with Crippen molar-refractivity contribution in [1.29, 1.82) is 0 Å². The molecule has 1 aromatic heterocycles. The lowest BCUT2D eigenvalue weighted by Crippen LogP contribution is -2.28. The molecule has 2 N–H and O–H groups in total. The first-order valence-corrected chi connectivity index (χ1v) is 10.5. The van der Waals surface area contributed by atoms with Crippen molar-refractivity contribution in [3.05, 3.63) is 57.2 Å². The van der Waals surface area contributed by atoms with Gasteiger partial charge in [0.1, 0.15) is 0 Å². The molecule has 0 spiro atoms. The van der Waals surface area contributed by atoms with E-state index in [0.717, 1.165) is 11.5 Å². The molecule has 1 heterocycles. The Bertz CT molecular complexity index is 660. The van der Waals surface area contributed by atoms with Gasteiger partial charge in [0, 0.05) is 41.6 Å². The van der Waals surface area contributed by atoms with Crippen molar-refractivity contribution in [2.75, 3.05) is 18.8 Å². The van der Waals surface area contributed by atoms with Gasteiger partial charge in [-0.1, -0.05) is 11.6 Å². The van der Waals surface area contributed by atoms with Crippen molar-refractivity contribution in [1.82, 2.24) is 10.6 Å². The van der Waals surface area contributed by atoms with E-state index in [1.165, 1.54) is 5.56 Å². The zero-order chi connectivity index (χ0) is 17.9. The van der Waals surface area contributed by atoms with Gasteiger partial charge in [0.2, 0.25) is 5.91 Å². The second kappa shape index (κ2) is 11.2. The molecule has 0 bridgehead atoms. The Balaban J connectivity index is 1.49. The SMILES string of the molecule is O=C(CCCNC(=O)c1ccc(Cl)cc1)NCCSCc1ccsc1. The van der Waals surface area contributed by atoms with Crippen molar-refractivity contribution in [2.45, 2.75) is 18.6 Å². The van der Waals surface area contributed by atoms with Crippen LogP contribution in [-0.2, 0) is 10.5 Å². The van der Waals surface area contributed by atoms with Gasteiger partial charge in [-0.15, -0.1) is 0 Å². The molecule has 0 radical (unpaired) electrons. The molecule has 0 atom stereocenters. The van der Waals surface area contributed by atoms with Crippen LogP contribution in [0, 0.1) is 0 Å². The number of thioether (sulfide) groups is 1. The molecular formula is C18H21ClN2O2S2. The number of hydrogen-bond acceptors (Lipinski definition) is 4. The molecule has 0 aliphatic rings. The molecule has 1 aromatic carbocycles. The lowest BCUT2D eigenvalue weighted by molar-refractivity contribution is -0.121. The fraction of sp³-hybridized carbons (Fsp3) is 0.333. The number of hydrogen-bond donors (Lipinski definition) is 2. The van der Waals surface area contributed by atoms with E-state index in [9.17, 15) is 9.59 Å². The average molecular weight is 397 g/mol. The second-order valence-corrected chi connectivity index (χ2v) is 7.72. The highest BCUT2D eigenvalue weighted by molar-refractivity contribution is 7.98. The van der Waals surface area contributed by atoms with Gasteiger partial charge in [-0.3, -0.25) is 9.59 Å². The number of carbonyl (C=O) groups excluding carboxylic acids is 2. The molecule has 0 saturated heterocycles. The van der Waals surface area contributed by atoms with Crippen molar-refractivity contribution in [2.24, 2.45) is 0 Å². The first-order valence-electron chi connectivity index (χ1n) is 8.04. The lowest BCUT2D eigenvalue weighted by atomic mass is 10.2. The van der Waals surface area contributed by atoms with Gasteiger partial charge in [0.05, 0.1) is 0 Å². The molecule has 0 saturated carbocycles. The highest BCUT2D eigenvalue weighted by Crippen LogP contribution is 2.14. The fourth-order valence-corrected chi connectivity index (χ4v) is 3.78. The maximum Gasteiger partial charge on any atom is 0.251 e. The Labute approximate surface area is 161 Å². The molecule has 2 aromatic rings. The number of rotatable bonds is 10. The quantitative estimate of drug-likeness (QED) is 0.597. The highest BCUT2D eigenvalue weighted by atomic mass is 35.5. The van der Waals surface area contributed by atoms with Crippen molar-refractivity contribution >= 4 is 46.5 Å². The maximum absolute atomic E-state index is 11.9. The summed E-state index contributed by atoms with van der Waals surface area (Å²) in [6.45, 7) is 1.15. The standard InChI is InChI=1S/C18H21ClN2O2S2/c19-16-5-3-15(4-6-16)18(23)21-8-1-2-17(22)20-9-11-25-13-14-7-10-24-12-14/h3-7,10,12H,1-2,8-9,11,13H2,(H,20,22)(H,21,23). The number of benzene rings is 1. The summed E-state index contributed by atoms with van der Waals surface area (Å²) in [5.74, 6) is 1.75. The van der Waals surface area contributed by atoms with Crippen molar-refractivity contribution in [3.63, 3.8) is 0 Å². The third kappa shape index (κ3) is 7.94. The van der Waals surface area contributed by atoms with Crippen LogP contribution in [0.3, 0.4) is 0 Å². The van der Waals surface area contributed by atoms with Crippen LogP contribution >= 0.6 is 34.7 Å². The minimum atomic E-state index is -0.151. The lowest BCUT2D eigenvalue weighted by Gasteiger charge is -2.07. The van der Waals surface area contributed by atoms with E-state index in [0.29, 0.717) is 36.5 Å². The van der Waals surface area contributed by atoms with Crippen LogP contribution in [0.25, 0.3) is 0 Å². The molecule has 0 aliphatic heterocycles. The second-order valence-electron chi connectivity index (χ2n) is 5.40.